The van der Waals surface area contributed by atoms with Crippen LogP contribution in [0.4, 0.5) is 0 Å². The first-order valence-corrected chi connectivity index (χ1v) is 5.75. The molecule has 1 N–H and O–H groups in total. The van der Waals surface area contributed by atoms with Crippen LogP contribution in [0.2, 0.25) is 0 Å². The summed E-state index contributed by atoms with van der Waals surface area (Å²) in [6, 6.07) is 1.91. The molecule has 1 unspecified atom stereocenters. The van der Waals surface area contributed by atoms with Crippen LogP contribution in [-0.2, 0) is 0 Å². The number of aromatic nitrogens is 1. The largest absolute Gasteiger partial charge is 0.351 e. The van der Waals surface area contributed by atoms with E-state index in [0.29, 0.717) is 5.76 Å². The van der Waals surface area contributed by atoms with Crippen LogP contribution in [0.3, 0.4) is 0 Å². The van der Waals surface area contributed by atoms with Gasteiger partial charge in [0.15, 0.2) is 0 Å². The Kier molecular flexibility index (Phi) is 3.56. The molecule has 0 radical (unpaired) electrons. The third-order valence-electron chi connectivity index (χ3n) is 2.85. The average molecular weight is 223 g/mol. The lowest BCUT2D eigenvalue weighted by Crippen LogP contribution is -2.41. The molecule has 1 aliphatic heterocycles. The van der Waals surface area contributed by atoms with Crippen LogP contribution in [0.5, 0.6) is 0 Å². The summed E-state index contributed by atoms with van der Waals surface area (Å²) in [6.45, 7) is 4.70. The number of rotatable bonds is 4. The standard InChI is InChI=1S/C11H17N3O2/c1-2-7-14(9-3-5-12-8-9)11(15)10-4-6-13-16-10/h4,6,9,12H,2-3,5,7-8H2,1H3. The molecule has 0 aromatic carbocycles. The van der Waals surface area contributed by atoms with E-state index in [1.165, 1.54) is 6.20 Å². The number of nitrogens with zero attached hydrogens (tertiary/aromatic N) is 2. The van der Waals surface area contributed by atoms with E-state index in [0.717, 1.165) is 32.5 Å². The zero-order valence-corrected chi connectivity index (χ0v) is 9.48. The van der Waals surface area contributed by atoms with E-state index < -0.39 is 0 Å². The van der Waals surface area contributed by atoms with Crippen molar-refractivity contribution in [3.05, 3.63) is 18.0 Å². The first-order chi connectivity index (χ1) is 7.83. The molecular formula is C11H17N3O2. The van der Waals surface area contributed by atoms with Crippen LogP contribution in [0.15, 0.2) is 16.8 Å². The minimum absolute atomic E-state index is 0.0481. The molecule has 5 nitrogen and oxygen atoms in total. The molecule has 1 fully saturated rings. The normalized spacial score (nSPS) is 19.9. The number of amides is 1. The molecular weight excluding hydrogens is 206 g/mol. The number of hydrogen-bond acceptors (Lipinski definition) is 4. The smallest absolute Gasteiger partial charge is 0.292 e. The zero-order chi connectivity index (χ0) is 11.4. The molecule has 16 heavy (non-hydrogen) atoms. The molecule has 1 atom stereocenters. The highest BCUT2D eigenvalue weighted by atomic mass is 16.5. The summed E-state index contributed by atoms with van der Waals surface area (Å²) >= 11 is 0. The lowest BCUT2D eigenvalue weighted by atomic mass is 10.2. The van der Waals surface area contributed by atoms with Gasteiger partial charge in [-0.05, 0) is 19.4 Å². The Hall–Kier alpha value is -1.36. The molecule has 1 aromatic rings. The van der Waals surface area contributed by atoms with Gasteiger partial charge >= 0.3 is 0 Å². The van der Waals surface area contributed by atoms with Gasteiger partial charge in [-0.15, -0.1) is 0 Å². The molecule has 0 spiro atoms. The second-order valence-corrected chi connectivity index (χ2v) is 4.02. The molecule has 1 saturated heterocycles. The van der Waals surface area contributed by atoms with E-state index in [4.69, 9.17) is 4.52 Å². The summed E-state index contributed by atoms with van der Waals surface area (Å²) in [7, 11) is 0. The Morgan fingerprint density at radius 3 is 3.19 bits per heavy atom. The summed E-state index contributed by atoms with van der Waals surface area (Å²) in [6.07, 6.45) is 3.47. The monoisotopic (exact) mass is 223 g/mol. The summed E-state index contributed by atoms with van der Waals surface area (Å²) in [5.74, 6) is 0.286. The SMILES string of the molecule is CCCN(C(=O)c1ccno1)C1CCNC1. The van der Waals surface area contributed by atoms with Crippen molar-refractivity contribution < 1.29 is 9.32 Å². The van der Waals surface area contributed by atoms with Crippen molar-refractivity contribution in [1.82, 2.24) is 15.4 Å². The van der Waals surface area contributed by atoms with Gasteiger partial charge in [-0.1, -0.05) is 12.1 Å². The van der Waals surface area contributed by atoms with Gasteiger partial charge in [0.1, 0.15) is 0 Å². The Balaban J connectivity index is 2.09. The van der Waals surface area contributed by atoms with Crippen LogP contribution in [-0.4, -0.2) is 41.6 Å². The van der Waals surface area contributed by atoms with Gasteiger partial charge < -0.3 is 14.7 Å². The Labute approximate surface area is 94.8 Å². The Morgan fingerprint density at radius 1 is 1.75 bits per heavy atom. The maximum absolute atomic E-state index is 12.1. The van der Waals surface area contributed by atoms with Gasteiger partial charge in [-0.3, -0.25) is 4.79 Å². The number of hydrogen-bond donors (Lipinski definition) is 1. The van der Waals surface area contributed by atoms with Gasteiger partial charge in [-0.25, -0.2) is 0 Å². The van der Waals surface area contributed by atoms with Crippen molar-refractivity contribution in [3.8, 4) is 0 Å². The highest BCUT2D eigenvalue weighted by Gasteiger charge is 2.28. The van der Waals surface area contributed by atoms with E-state index in [1.54, 1.807) is 6.07 Å². The highest BCUT2D eigenvalue weighted by Crippen LogP contribution is 2.13. The maximum Gasteiger partial charge on any atom is 0.292 e. The zero-order valence-electron chi connectivity index (χ0n) is 9.48. The van der Waals surface area contributed by atoms with Crippen molar-refractivity contribution in [2.24, 2.45) is 0 Å². The molecule has 2 heterocycles. The molecule has 1 amide bonds. The van der Waals surface area contributed by atoms with E-state index in [1.807, 2.05) is 4.90 Å². The van der Waals surface area contributed by atoms with Crippen molar-refractivity contribution in [3.63, 3.8) is 0 Å². The highest BCUT2D eigenvalue weighted by molar-refractivity contribution is 5.91. The van der Waals surface area contributed by atoms with Gasteiger partial charge in [0, 0.05) is 25.2 Å². The average Bonchev–Trinajstić information content (AvgIpc) is 2.96. The van der Waals surface area contributed by atoms with Crippen LogP contribution in [0, 0.1) is 0 Å². The fourth-order valence-corrected chi connectivity index (χ4v) is 2.06. The van der Waals surface area contributed by atoms with Crippen molar-refractivity contribution in [1.29, 1.82) is 0 Å². The first kappa shape index (κ1) is 11.1. The summed E-state index contributed by atoms with van der Waals surface area (Å²) in [5.41, 5.74) is 0. The molecule has 5 heteroatoms. The van der Waals surface area contributed by atoms with Crippen LogP contribution < -0.4 is 5.32 Å². The van der Waals surface area contributed by atoms with Gasteiger partial charge in [0.25, 0.3) is 5.91 Å². The van der Waals surface area contributed by atoms with Crippen molar-refractivity contribution >= 4 is 5.91 Å². The summed E-state index contributed by atoms with van der Waals surface area (Å²) in [5, 5.41) is 6.85. The van der Waals surface area contributed by atoms with Gasteiger partial charge in [0.05, 0.1) is 6.20 Å². The molecule has 2 rings (SSSR count). The van der Waals surface area contributed by atoms with E-state index in [-0.39, 0.29) is 11.9 Å². The summed E-state index contributed by atoms with van der Waals surface area (Å²) < 4.78 is 4.92. The predicted molar refractivity (Wildman–Crippen MR) is 59.1 cm³/mol. The number of nitrogens with one attached hydrogen (secondary N) is 1. The molecule has 1 aromatic heterocycles. The van der Waals surface area contributed by atoms with Crippen molar-refractivity contribution in [2.75, 3.05) is 19.6 Å². The second-order valence-electron chi connectivity index (χ2n) is 4.02. The Bertz CT molecular complexity index is 331. The molecule has 1 aliphatic rings. The number of carbonyl (C=O) groups excluding carboxylic acids is 1. The lowest BCUT2D eigenvalue weighted by molar-refractivity contribution is 0.0649. The fourth-order valence-electron chi connectivity index (χ4n) is 2.06. The predicted octanol–water partition coefficient (Wildman–Crippen LogP) is 0.889. The third-order valence-corrected chi connectivity index (χ3v) is 2.85. The van der Waals surface area contributed by atoms with E-state index in [2.05, 4.69) is 17.4 Å². The minimum atomic E-state index is -0.0481. The fraction of sp³-hybridized carbons (Fsp3) is 0.636. The maximum atomic E-state index is 12.1. The molecule has 0 saturated carbocycles. The van der Waals surface area contributed by atoms with Gasteiger partial charge in [0.2, 0.25) is 5.76 Å². The first-order valence-electron chi connectivity index (χ1n) is 5.75. The van der Waals surface area contributed by atoms with E-state index in [9.17, 15) is 4.79 Å². The van der Waals surface area contributed by atoms with Crippen molar-refractivity contribution in [2.45, 2.75) is 25.8 Å². The van der Waals surface area contributed by atoms with Crippen LogP contribution in [0.25, 0.3) is 0 Å². The van der Waals surface area contributed by atoms with Crippen LogP contribution in [0.1, 0.15) is 30.3 Å². The minimum Gasteiger partial charge on any atom is -0.351 e. The molecule has 0 aliphatic carbocycles. The third kappa shape index (κ3) is 2.24. The Morgan fingerprint density at radius 2 is 2.62 bits per heavy atom. The van der Waals surface area contributed by atoms with E-state index >= 15 is 0 Å². The van der Waals surface area contributed by atoms with Gasteiger partial charge in [-0.2, -0.15) is 0 Å². The molecule has 0 bridgehead atoms. The molecule has 88 valence electrons. The number of carbonyl (C=O) groups is 1. The second kappa shape index (κ2) is 5.12. The summed E-state index contributed by atoms with van der Waals surface area (Å²) in [4.78, 5) is 14.0. The lowest BCUT2D eigenvalue weighted by Gasteiger charge is -2.26. The topological polar surface area (TPSA) is 58.4 Å². The quantitative estimate of drug-likeness (QED) is 0.823. The van der Waals surface area contributed by atoms with Crippen LogP contribution >= 0.6 is 0 Å².